The van der Waals surface area contributed by atoms with Gasteiger partial charge in [0.1, 0.15) is 6.61 Å². The summed E-state index contributed by atoms with van der Waals surface area (Å²) < 4.78 is 11.6. The van der Waals surface area contributed by atoms with Gasteiger partial charge in [-0.05, 0) is 93.3 Å². The topological polar surface area (TPSA) is 50.8 Å². The highest BCUT2D eigenvalue weighted by Gasteiger charge is 2.26. The highest BCUT2D eigenvalue weighted by Crippen LogP contribution is 2.41. The van der Waals surface area contributed by atoms with Crippen molar-refractivity contribution in [2.45, 2.75) is 65.2 Å². The molecule has 0 radical (unpaired) electrons. The first-order valence-corrected chi connectivity index (χ1v) is 13.8. The van der Waals surface area contributed by atoms with E-state index in [2.05, 4.69) is 61.3 Å². The van der Waals surface area contributed by atoms with Gasteiger partial charge in [0.15, 0.2) is 11.5 Å². The van der Waals surface area contributed by atoms with Crippen LogP contribution >= 0.6 is 0 Å². The van der Waals surface area contributed by atoms with Crippen LogP contribution in [0.3, 0.4) is 0 Å². The van der Waals surface area contributed by atoms with E-state index in [9.17, 15) is 4.79 Å². The van der Waals surface area contributed by atoms with Crippen LogP contribution in [0.4, 0.5) is 5.69 Å². The molecule has 0 bridgehead atoms. The number of nitrogens with one attached hydrogen (secondary N) is 1. The summed E-state index contributed by atoms with van der Waals surface area (Å²) in [6.45, 7) is 9.84. The summed E-state index contributed by atoms with van der Waals surface area (Å²) >= 11 is 0. The first-order chi connectivity index (χ1) is 18.0. The Morgan fingerprint density at radius 2 is 1.76 bits per heavy atom. The standard InChI is InChI=1S/C32H42N2O3/c1-5-34(6-2)20-21-37-31-22-27(17-19-30(31)36-4)33-32(35)29-9-7-8-26-15-14-25(16-18-28(26)29)24-12-10-23(3)11-13-24/h8,10-13,17,19,22,25H,5-7,9,14-16,18,20-21H2,1-4H3,(H,33,35). The van der Waals surface area contributed by atoms with Crippen LogP contribution in [0.5, 0.6) is 11.5 Å². The van der Waals surface area contributed by atoms with Gasteiger partial charge in [-0.2, -0.15) is 0 Å². The lowest BCUT2D eigenvalue weighted by atomic mass is 9.87. The Labute approximate surface area is 222 Å². The van der Waals surface area contributed by atoms with E-state index in [0.29, 0.717) is 24.0 Å². The maximum Gasteiger partial charge on any atom is 0.251 e. The molecule has 1 atom stereocenters. The third-order valence-electron chi connectivity index (χ3n) is 7.85. The van der Waals surface area contributed by atoms with Crippen molar-refractivity contribution in [3.8, 4) is 11.5 Å². The second kappa shape index (κ2) is 13.0. The number of nitrogens with zero attached hydrogens (tertiary/aromatic N) is 1. The maximum absolute atomic E-state index is 13.5. The monoisotopic (exact) mass is 502 g/mol. The number of allylic oxidation sites excluding steroid dienone is 3. The van der Waals surface area contributed by atoms with Gasteiger partial charge >= 0.3 is 0 Å². The lowest BCUT2D eigenvalue weighted by molar-refractivity contribution is -0.113. The van der Waals surface area contributed by atoms with E-state index >= 15 is 0 Å². The largest absolute Gasteiger partial charge is 0.493 e. The number of anilines is 1. The van der Waals surface area contributed by atoms with Crippen molar-refractivity contribution in [1.29, 1.82) is 0 Å². The molecule has 198 valence electrons. The summed E-state index contributed by atoms with van der Waals surface area (Å²) in [5.41, 5.74) is 7.04. The zero-order chi connectivity index (χ0) is 26.2. The minimum Gasteiger partial charge on any atom is -0.493 e. The summed E-state index contributed by atoms with van der Waals surface area (Å²) in [6.07, 6.45) is 8.30. The van der Waals surface area contributed by atoms with Crippen molar-refractivity contribution >= 4 is 11.6 Å². The van der Waals surface area contributed by atoms with E-state index in [4.69, 9.17) is 9.47 Å². The van der Waals surface area contributed by atoms with Crippen LogP contribution in [0, 0.1) is 6.92 Å². The molecule has 1 amide bonds. The van der Waals surface area contributed by atoms with Gasteiger partial charge in [-0.15, -0.1) is 0 Å². The average Bonchev–Trinajstić information content (AvgIpc) is 3.14. The molecule has 5 heteroatoms. The first kappa shape index (κ1) is 27.0. The molecule has 2 aliphatic carbocycles. The van der Waals surface area contributed by atoms with Gasteiger partial charge in [0.2, 0.25) is 0 Å². The van der Waals surface area contributed by atoms with Crippen molar-refractivity contribution in [1.82, 2.24) is 4.90 Å². The third kappa shape index (κ3) is 6.84. The summed E-state index contributed by atoms with van der Waals surface area (Å²) in [5, 5.41) is 3.16. The fraction of sp³-hybridized carbons (Fsp3) is 0.469. The average molecular weight is 503 g/mol. The molecule has 2 aromatic carbocycles. The van der Waals surface area contributed by atoms with Gasteiger partial charge in [-0.25, -0.2) is 0 Å². The van der Waals surface area contributed by atoms with Gasteiger partial charge in [0.25, 0.3) is 5.91 Å². The number of likely N-dealkylation sites (N-methyl/N-ethyl adjacent to an activating group) is 1. The van der Waals surface area contributed by atoms with Crippen LogP contribution in [0.1, 0.15) is 69.4 Å². The fourth-order valence-corrected chi connectivity index (χ4v) is 5.54. The van der Waals surface area contributed by atoms with Gasteiger partial charge in [-0.1, -0.05) is 49.8 Å². The lowest BCUT2D eigenvalue weighted by Crippen LogP contribution is -2.28. The normalized spacial score (nSPS) is 17.6. The molecule has 37 heavy (non-hydrogen) atoms. The van der Waals surface area contributed by atoms with Crippen LogP contribution in [0.15, 0.2) is 65.3 Å². The maximum atomic E-state index is 13.5. The molecule has 1 unspecified atom stereocenters. The number of hydrogen-bond acceptors (Lipinski definition) is 4. The predicted octanol–water partition coefficient (Wildman–Crippen LogP) is 7.04. The third-order valence-corrected chi connectivity index (χ3v) is 7.85. The number of rotatable bonds is 10. The Morgan fingerprint density at radius 3 is 2.49 bits per heavy atom. The van der Waals surface area contributed by atoms with Crippen LogP contribution in [-0.2, 0) is 4.79 Å². The molecule has 5 nitrogen and oxygen atoms in total. The van der Waals surface area contributed by atoms with E-state index in [-0.39, 0.29) is 5.91 Å². The number of aryl methyl sites for hydroxylation is 1. The zero-order valence-corrected chi connectivity index (χ0v) is 22.9. The minimum atomic E-state index is 0.00800. The van der Waals surface area contributed by atoms with E-state index in [0.717, 1.165) is 69.4 Å². The van der Waals surface area contributed by atoms with Crippen LogP contribution in [-0.4, -0.2) is 44.2 Å². The molecular formula is C32H42N2O3. The number of benzene rings is 2. The van der Waals surface area contributed by atoms with Gasteiger partial charge < -0.3 is 19.7 Å². The van der Waals surface area contributed by atoms with Crippen LogP contribution in [0.2, 0.25) is 0 Å². The van der Waals surface area contributed by atoms with Crippen LogP contribution < -0.4 is 14.8 Å². The van der Waals surface area contributed by atoms with E-state index in [1.165, 1.54) is 22.3 Å². The smallest absolute Gasteiger partial charge is 0.251 e. The van der Waals surface area contributed by atoms with Crippen molar-refractivity contribution in [2.24, 2.45) is 0 Å². The Morgan fingerprint density at radius 1 is 1.00 bits per heavy atom. The van der Waals surface area contributed by atoms with Crippen molar-refractivity contribution < 1.29 is 14.3 Å². The molecule has 1 fully saturated rings. The second-order valence-electron chi connectivity index (χ2n) is 10.1. The fourth-order valence-electron chi connectivity index (χ4n) is 5.54. The zero-order valence-electron chi connectivity index (χ0n) is 22.9. The van der Waals surface area contributed by atoms with Gasteiger partial charge in [0.05, 0.1) is 7.11 Å². The van der Waals surface area contributed by atoms with Crippen molar-refractivity contribution in [2.75, 3.05) is 38.7 Å². The summed E-state index contributed by atoms with van der Waals surface area (Å²) in [6, 6.07) is 14.6. The van der Waals surface area contributed by atoms with Gasteiger partial charge in [0, 0.05) is 23.9 Å². The quantitative estimate of drug-likeness (QED) is 0.379. The number of fused-ring (bicyclic) bond motifs is 1. The molecule has 0 heterocycles. The number of amides is 1. The van der Waals surface area contributed by atoms with E-state index < -0.39 is 0 Å². The number of carbonyl (C=O) groups is 1. The van der Waals surface area contributed by atoms with Crippen molar-refractivity contribution in [3.05, 3.63) is 76.4 Å². The lowest BCUT2D eigenvalue weighted by Gasteiger charge is -2.21. The molecule has 1 saturated carbocycles. The highest BCUT2D eigenvalue weighted by atomic mass is 16.5. The number of carbonyl (C=O) groups excluding carboxylic acids is 1. The summed E-state index contributed by atoms with van der Waals surface area (Å²) in [5.74, 6) is 1.88. The molecule has 2 aliphatic rings. The number of hydrogen-bond donors (Lipinski definition) is 1. The minimum absolute atomic E-state index is 0.00800. The Bertz CT molecular complexity index is 1130. The SMILES string of the molecule is CCN(CC)CCOc1cc(NC(=O)C2=C3CCC(c4ccc(C)cc4)CCC3=CCC2)ccc1OC. The summed E-state index contributed by atoms with van der Waals surface area (Å²) in [4.78, 5) is 15.8. The summed E-state index contributed by atoms with van der Waals surface area (Å²) in [7, 11) is 1.64. The Kier molecular flexibility index (Phi) is 9.45. The molecular weight excluding hydrogens is 460 g/mol. The Balaban J connectivity index is 1.46. The molecule has 0 spiro atoms. The van der Waals surface area contributed by atoms with E-state index in [1.807, 2.05) is 18.2 Å². The van der Waals surface area contributed by atoms with E-state index in [1.54, 1.807) is 7.11 Å². The first-order valence-electron chi connectivity index (χ1n) is 13.8. The molecule has 4 rings (SSSR count). The van der Waals surface area contributed by atoms with Crippen molar-refractivity contribution in [3.63, 3.8) is 0 Å². The molecule has 0 saturated heterocycles. The van der Waals surface area contributed by atoms with Crippen LogP contribution in [0.25, 0.3) is 0 Å². The Hall–Kier alpha value is -3.05. The highest BCUT2D eigenvalue weighted by molar-refractivity contribution is 6.05. The molecule has 0 aromatic heterocycles. The number of methoxy groups -OCH3 is 1. The molecule has 0 aliphatic heterocycles. The number of ether oxygens (including phenoxy) is 2. The molecule has 1 N–H and O–H groups in total. The molecule has 2 aromatic rings. The van der Waals surface area contributed by atoms with Gasteiger partial charge in [-0.3, -0.25) is 4.79 Å². The predicted molar refractivity (Wildman–Crippen MR) is 152 cm³/mol. The second-order valence-corrected chi connectivity index (χ2v) is 10.1.